The minimum atomic E-state index is -1.41. The molecule has 1 heterocycles. The molecule has 0 aliphatic carbocycles. The molecule has 0 saturated heterocycles. The van der Waals surface area contributed by atoms with Crippen LogP contribution in [0.1, 0.15) is 49.9 Å². The standard InChI is InChI=1S/C27H30FN3/c1-5-19-11-14-22(15-12-19)29-26-30-24-17-20(6-2)13-16-25(24)31(26)18-21-9-7-8-10-23(21)27(3,4)28/h7-17H,5-6,18H2,1-4H3,(H,29,30). The van der Waals surface area contributed by atoms with Crippen molar-refractivity contribution in [2.45, 2.75) is 52.8 Å². The maximum absolute atomic E-state index is 14.9. The second-order valence-corrected chi connectivity index (χ2v) is 8.50. The molecule has 3 nitrogen and oxygen atoms in total. The summed E-state index contributed by atoms with van der Waals surface area (Å²) < 4.78 is 17.0. The van der Waals surface area contributed by atoms with Gasteiger partial charge in [-0.15, -0.1) is 0 Å². The predicted molar refractivity (Wildman–Crippen MR) is 128 cm³/mol. The van der Waals surface area contributed by atoms with Crippen LogP contribution in [0.4, 0.5) is 16.0 Å². The largest absolute Gasteiger partial charge is 0.326 e. The lowest BCUT2D eigenvalue weighted by atomic mass is 9.94. The van der Waals surface area contributed by atoms with Gasteiger partial charge in [-0.05, 0) is 73.2 Å². The number of anilines is 2. The van der Waals surface area contributed by atoms with E-state index >= 15 is 0 Å². The van der Waals surface area contributed by atoms with Crippen LogP contribution in [0.5, 0.6) is 0 Å². The molecule has 31 heavy (non-hydrogen) atoms. The zero-order valence-corrected chi connectivity index (χ0v) is 18.7. The first-order chi connectivity index (χ1) is 14.9. The molecule has 0 aliphatic rings. The number of fused-ring (bicyclic) bond motifs is 1. The topological polar surface area (TPSA) is 29.9 Å². The summed E-state index contributed by atoms with van der Waals surface area (Å²) in [5, 5.41) is 3.49. The summed E-state index contributed by atoms with van der Waals surface area (Å²) in [7, 11) is 0. The van der Waals surface area contributed by atoms with E-state index in [-0.39, 0.29) is 0 Å². The van der Waals surface area contributed by atoms with Crippen LogP contribution in [0.2, 0.25) is 0 Å². The van der Waals surface area contributed by atoms with Crippen molar-refractivity contribution in [2.24, 2.45) is 0 Å². The van der Waals surface area contributed by atoms with Gasteiger partial charge in [-0.3, -0.25) is 0 Å². The van der Waals surface area contributed by atoms with E-state index in [2.05, 4.69) is 66.2 Å². The number of aromatic nitrogens is 2. The van der Waals surface area contributed by atoms with Gasteiger partial charge in [0, 0.05) is 5.69 Å². The molecule has 0 atom stereocenters. The molecule has 0 amide bonds. The van der Waals surface area contributed by atoms with Crippen molar-refractivity contribution >= 4 is 22.7 Å². The lowest BCUT2D eigenvalue weighted by Gasteiger charge is -2.20. The smallest absolute Gasteiger partial charge is 0.208 e. The van der Waals surface area contributed by atoms with Crippen molar-refractivity contribution < 1.29 is 4.39 Å². The van der Waals surface area contributed by atoms with E-state index in [1.54, 1.807) is 13.8 Å². The van der Waals surface area contributed by atoms with Gasteiger partial charge in [0.2, 0.25) is 5.95 Å². The number of aryl methyl sites for hydroxylation is 2. The SMILES string of the molecule is CCc1ccc(Nc2nc3cc(CC)ccc3n2Cc2ccccc2C(C)(C)F)cc1. The minimum Gasteiger partial charge on any atom is -0.326 e. The molecule has 4 aromatic rings. The zero-order valence-electron chi connectivity index (χ0n) is 18.7. The van der Waals surface area contributed by atoms with Gasteiger partial charge in [-0.2, -0.15) is 0 Å². The van der Waals surface area contributed by atoms with Crippen LogP contribution in [0, 0.1) is 0 Å². The molecule has 0 saturated carbocycles. The van der Waals surface area contributed by atoms with Crippen LogP contribution in [-0.2, 0) is 25.1 Å². The second-order valence-electron chi connectivity index (χ2n) is 8.50. The van der Waals surface area contributed by atoms with Crippen LogP contribution in [-0.4, -0.2) is 9.55 Å². The average molecular weight is 416 g/mol. The Balaban J connectivity index is 1.80. The fourth-order valence-corrected chi connectivity index (χ4v) is 4.01. The Bertz CT molecular complexity index is 1180. The summed E-state index contributed by atoms with van der Waals surface area (Å²) in [4.78, 5) is 4.91. The first-order valence-electron chi connectivity index (χ1n) is 11.0. The van der Waals surface area contributed by atoms with Crippen molar-refractivity contribution in [3.8, 4) is 0 Å². The number of nitrogens with zero attached hydrogens (tertiary/aromatic N) is 2. The number of nitrogens with one attached hydrogen (secondary N) is 1. The lowest BCUT2D eigenvalue weighted by Crippen LogP contribution is -2.15. The molecule has 0 aliphatic heterocycles. The van der Waals surface area contributed by atoms with E-state index in [0.717, 1.165) is 41.1 Å². The van der Waals surface area contributed by atoms with Crippen molar-refractivity contribution in [3.05, 3.63) is 89.0 Å². The van der Waals surface area contributed by atoms with Gasteiger partial charge in [-0.25, -0.2) is 9.37 Å². The van der Waals surface area contributed by atoms with E-state index in [4.69, 9.17) is 4.98 Å². The number of halogens is 1. The monoisotopic (exact) mass is 415 g/mol. The third kappa shape index (κ3) is 4.48. The molecule has 3 aromatic carbocycles. The number of alkyl halides is 1. The Morgan fingerprint density at radius 3 is 2.26 bits per heavy atom. The molecule has 4 heteroatoms. The third-order valence-electron chi connectivity index (χ3n) is 5.83. The molecular weight excluding hydrogens is 385 g/mol. The molecule has 160 valence electrons. The van der Waals surface area contributed by atoms with Crippen molar-refractivity contribution in [1.29, 1.82) is 0 Å². The van der Waals surface area contributed by atoms with Crippen LogP contribution in [0.3, 0.4) is 0 Å². The summed E-state index contributed by atoms with van der Waals surface area (Å²) in [6.07, 6.45) is 1.97. The number of rotatable bonds is 7. The van der Waals surface area contributed by atoms with Crippen molar-refractivity contribution in [3.63, 3.8) is 0 Å². The number of imidazole rings is 1. The fraction of sp³-hybridized carbons (Fsp3) is 0.296. The molecule has 0 radical (unpaired) electrons. The Labute approximate surface area is 184 Å². The summed E-state index contributed by atoms with van der Waals surface area (Å²) in [5.41, 5.74) is 5.78. The van der Waals surface area contributed by atoms with E-state index < -0.39 is 5.67 Å². The third-order valence-corrected chi connectivity index (χ3v) is 5.83. The fourth-order valence-electron chi connectivity index (χ4n) is 4.01. The summed E-state index contributed by atoms with van der Waals surface area (Å²) >= 11 is 0. The summed E-state index contributed by atoms with van der Waals surface area (Å²) in [6.45, 7) is 8.06. The maximum atomic E-state index is 14.9. The molecule has 1 N–H and O–H groups in total. The molecular formula is C27H30FN3. The highest BCUT2D eigenvalue weighted by Gasteiger charge is 2.23. The lowest BCUT2D eigenvalue weighted by molar-refractivity contribution is 0.219. The maximum Gasteiger partial charge on any atom is 0.208 e. The second kappa shape index (κ2) is 8.54. The minimum absolute atomic E-state index is 0.543. The first-order valence-corrected chi connectivity index (χ1v) is 11.0. The normalized spacial score (nSPS) is 11.8. The van der Waals surface area contributed by atoms with Crippen LogP contribution < -0.4 is 5.32 Å². The van der Waals surface area contributed by atoms with Gasteiger partial charge < -0.3 is 9.88 Å². The van der Waals surface area contributed by atoms with Crippen LogP contribution >= 0.6 is 0 Å². The summed E-state index contributed by atoms with van der Waals surface area (Å²) in [6, 6.07) is 22.6. The van der Waals surface area contributed by atoms with Gasteiger partial charge in [0.15, 0.2) is 0 Å². The number of benzene rings is 3. The molecule has 0 spiro atoms. The predicted octanol–water partition coefficient (Wildman–Crippen LogP) is 7.16. The highest BCUT2D eigenvalue weighted by Crippen LogP contribution is 2.31. The highest BCUT2D eigenvalue weighted by atomic mass is 19.1. The quantitative estimate of drug-likeness (QED) is 0.347. The molecule has 0 bridgehead atoms. The van der Waals surface area contributed by atoms with Gasteiger partial charge in [0.1, 0.15) is 5.67 Å². The van der Waals surface area contributed by atoms with Gasteiger partial charge in [0.25, 0.3) is 0 Å². The van der Waals surface area contributed by atoms with Crippen molar-refractivity contribution in [1.82, 2.24) is 9.55 Å². The number of hydrogen-bond acceptors (Lipinski definition) is 2. The van der Waals surface area contributed by atoms with Gasteiger partial charge in [0.05, 0.1) is 17.6 Å². The Morgan fingerprint density at radius 2 is 1.58 bits per heavy atom. The Morgan fingerprint density at radius 1 is 0.903 bits per heavy atom. The summed E-state index contributed by atoms with van der Waals surface area (Å²) in [5.74, 6) is 0.763. The van der Waals surface area contributed by atoms with Crippen LogP contribution in [0.25, 0.3) is 11.0 Å². The molecule has 0 fully saturated rings. The van der Waals surface area contributed by atoms with Crippen LogP contribution in [0.15, 0.2) is 66.7 Å². The first kappa shape index (κ1) is 21.1. The van der Waals surface area contributed by atoms with E-state index in [1.165, 1.54) is 11.1 Å². The molecule has 1 aromatic heterocycles. The van der Waals surface area contributed by atoms with Gasteiger partial charge in [-0.1, -0.05) is 56.3 Å². The Kier molecular flexibility index (Phi) is 5.81. The average Bonchev–Trinajstić information content (AvgIpc) is 3.10. The molecule has 0 unspecified atom stereocenters. The molecule has 4 rings (SSSR count). The van der Waals surface area contributed by atoms with E-state index in [9.17, 15) is 4.39 Å². The number of hydrogen-bond donors (Lipinski definition) is 1. The highest BCUT2D eigenvalue weighted by molar-refractivity contribution is 5.80. The van der Waals surface area contributed by atoms with Gasteiger partial charge >= 0.3 is 0 Å². The Hall–Kier alpha value is -3.14. The van der Waals surface area contributed by atoms with Crippen molar-refractivity contribution in [2.75, 3.05) is 5.32 Å². The van der Waals surface area contributed by atoms with E-state index in [0.29, 0.717) is 12.1 Å². The van der Waals surface area contributed by atoms with E-state index in [1.807, 2.05) is 24.3 Å². The zero-order chi connectivity index (χ0) is 22.0.